The zero-order valence-corrected chi connectivity index (χ0v) is 12.1. The van der Waals surface area contributed by atoms with Gasteiger partial charge in [0.25, 0.3) is 5.91 Å². The predicted molar refractivity (Wildman–Crippen MR) is 76.8 cm³/mol. The first-order valence-corrected chi connectivity index (χ1v) is 7.28. The highest BCUT2D eigenvalue weighted by Crippen LogP contribution is 2.20. The molecule has 8 heteroatoms. The Hall–Kier alpha value is -2.25. The first kappa shape index (κ1) is 13.7. The molecule has 2 fully saturated rings. The van der Waals surface area contributed by atoms with Gasteiger partial charge in [-0.2, -0.15) is 5.10 Å². The normalized spacial score (nSPS) is 21.4. The van der Waals surface area contributed by atoms with Gasteiger partial charge in [-0.1, -0.05) is 13.3 Å². The fourth-order valence-corrected chi connectivity index (χ4v) is 2.93. The largest absolute Gasteiger partial charge is 0.395 e. The van der Waals surface area contributed by atoms with Crippen LogP contribution in [-0.4, -0.2) is 64.2 Å². The van der Waals surface area contributed by atoms with Crippen LogP contribution in [0, 0.1) is 0 Å². The van der Waals surface area contributed by atoms with E-state index in [9.17, 15) is 9.59 Å². The first-order valence-electron chi connectivity index (χ1n) is 7.28. The molecule has 8 nitrogen and oxygen atoms in total. The van der Waals surface area contributed by atoms with E-state index < -0.39 is 0 Å². The van der Waals surface area contributed by atoms with Gasteiger partial charge in [0.2, 0.25) is 0 Å². The van der Waals surface area contributed by atoms with Crippen molar-refractivity contribution in [2.45, 2.75) is 25.8 Å². The van der Waals surface area contributed by atoms with Crippen LogP contribution in [-0.2, 0) is 6.42 Å². The number of rotatable bonds is 3. The molecule has 0 aromatic carbocycles. The van der Waals surface area contributed by atoms with Crippen molar-refractivity contribution in [2.24, 2.45) is 0 Å². The van der Waals surface area contributed by atoms with Crippen LogP contribution in [0.25, 0.3) is 0 Å². The van der Waals surface area contributed by atoms with Crippen molar-refractivity contribution >= 4 is 17.6 Å². The van der Waals surface area contributed by atoms with Gasteiger partial charge in [-0.05, 0) is 6.42 Å². The summed E-state index contributed by atoms with van der Waals surface area (Å²) in [6, 6.07) is 0.00194. The van der Waals surface area contributed by atoms with Crippen LogP contribution in [0.5, 0.6) is 0 Å². The van der Waals surface area contributed by atoms with E-state index in [1.807, 2.05) is 6.92 Å². The van der Waals surface area contributed by atoms with E-state index >= 15 is 0 Å². The molecule has 2 aliphatic heterocycles. The van der Waals surface area contributed by atoms with Crippen LogP contribution in [0.1, 0.15) is 29.5 Å². The third-order valence-electron chi connectivity index (χ3n) is 4.11. The Balaban J connectivity index is 1.73. The third kappa shape index (κ3) is 2.30. The van der Waals surface area contributed by atoms with Crippen LogP contribution in [0.4, 0.5) is 10.5 Å². The molecular formula is C13H20N6O2. The fourth-order valence-electron chi connectivity index (χ4n) is 2.93. The summed E-state index contributed by atoms with van der Waals surface area (Å²) in [6.45, 7) is 4.21. The molecule has 1 aromatic heterocycles. The fraction of sp³-hybridized carbons (Fsp3) is 0.615. The molecule has 0 saturated carbocycles. The zero-order valence-electron chi connectivity index (χ0n) is 12.1. The van der Waals surface area contributed by atoms with Gasteiger partial charge in [0.05, 0.1) is 17.4 Å². The highest BCUT2D eigenvalue weighted by Gasteiger charge is 2.37. The van der Waals surface area contributed by atoms with Crippen molar-refractivity contribution < 1.29 is 9.59 Å². The molecule has 114 valence electrons. The Labute approximate surface area is 122 Å². The van der Waals surface area contributed by atoms with E-state index in [1.54, 1.807) is 9.80 Å². The average Bonchev–Trinajstić information content (AvgIpc) is 3.03. The maximum absolute atomic E-state index is 12.5. The number of aryl methyl sites for hydroxylation is 1. The first-order chi connectivity index (χ1) is 10.1. The van der Waals surface area contributed by atoms with Gasteiger partial charge in [0.1, 0.15) is 0 Å². The molecule has 0 radical (unpaired) electrons. The number of nitrogens with zero attached hydrogens (tertiary/aromatic N) is 3. The topological polar surface area (TPSA) is 107 Å². The summed E-state index contributed by atoms with van der Waals surface area (Å²) < 4.78 is 0. The molecule has 0 spiro atoms. The minimum Gasteiger partial charge on any atom is -0.395 e. The van der Waals surface area contributed by atoms with Crippen molar-refractivity contribution in [1.29, 1.82) is 0 Å². The lowest BCUT2D eigenvalue weighted by atomic mass is 10.1. The van der Waals surface area contributed by atoms with Crippen LogP contribution in [0.15, 0.2) is 0 Å². The number of fused-ring (bicyclic) bond motifs is 1. The molecule has 4 N–H and O–H groups in total. The number of H-pyrrole nitrogens is 1. The second-order valence-electron chi connectivity index (χ2n) is 5.50. The third-order valence-corrected chi connectivity index (χ3v) is 4.11. The number of nitrogen functional groups attached to an aromatic ring is 1. The Bertz CT molecular complexity index is 569. The Morgan fingerprint density at radius 3 is 3.05 bits per heavy atom. The lowest BCUT2D eigenvalue weighted by molar-refractivity contribution is 0.0612. The Morgan fingerprint density at radius 2 is 2.29 bits per heavy atom. The maximum atomic E-state index is 12.5. The van der Waals surface area contributed by atoms with Crippen molar-refractivity contribution in [1.82, 2.24) is 25.3 Å². The number of piperazine rings is 1. The number of carbonyl (C=O) groups excluding carboxylic acids is 2. The van der Waals surface area contributed by atoms with Crippen molar-refractivity contribution in [3.63, 3.8) is 0 Å². The molecule has 2 aliphatic rings. The minimum absolute atomic E-state index is 0.0448. The SMILES string of the molecule is CCCc1[nH]nc(C(=O)N2CCN3C(=O)NCC3C2)c1N. The van der Waals surface area contributed by atoms with Gasteiger partial charge in [-0.15, -0.1) is 0 Å². The van der Waals surface area contributed by atoms with Gasteiger partial charge in [0, 0.05) is 26.2 Å². The number of urea groups is 1. The van der Waals surface area contributed by atoms with Gasteiger partial charge < -0.3 is 20.9 Å². The predicted octanol–water partition coefficient (Wildman–Crippen LogP) is -0.206. The molecule has 0 aliphatic carbocycles. The second kappa shape index (κ2) is 5.27. The number of hydrogen-bond acceptors (Lipinski definition) is 4. The zero-order chi connectivity index (χ0) is 15.0. The van der Waals surface area contributed by atoms with E-state index in [2.05, 4.69) is 15.5 Å². The standard InChI is InChI=1S/C13H20N6O2/c1-2-3-9-10(14)11(17-16-9)12(20)18-4-5-19-8(7-18)6-15-13(19)21/h8H,2-7,14H2,1H3,(H,15,21)(H,16,17). The molecule has 1 atom stereocenters. The highest BCUT2D eigenvalue weighted by atomic mass is 16.2. The Kier molecular flexibility index (Phi) is 3.44. The number of amides is 3. The summed E-state index contributed by atoms with van der Waals surface area (Å²) in [5, 5.41) is 9.72. The van der Waals surface area contributed by atoms with Crippen molar-refractivity contribution in [2.75, 3.05) is 31.9 Å². The monoisotopic (exact) mass is 292 g/mol. The average molecular weight is 292 g/mol. The molecular weight excluding hydrogens is 272 g/mol. The quantitative estimate of drug-likeness (QED) is 0.716. The van der Waals surface area contributed by atoms with Crippen LogP contribution >= 0.6 is 0 Å². The highest BCUT2D eigenvalue weighted by molar-refractivity contribution is 5.97. The molecule has 21 heavy (non-hydrogen) atoms. The van der Waals surface area contributed by atoms with Crippen LogP contribution in [0.2, 0.25) is 0 Å². The van der Waals surface area contributed by atoms with Gasteiger partial charge >= 0.3 is 6.03 Å². The van der Waals surface area contributed by atoms with Gasteiger partial charge in [-0.3, -0.25) is 9.89 Å². The lowest BCUT2D eigenvalue weighted by Crippen LogP contribution is -2.53. The molecule has 0 bridgehead atoms. The molecule has 3 heterocycles. The number of hydrogen-bond donors (Lipinski definition) is 3. The lowest BCUT2D eigenvalue weighted by Gasteiger charge is -2.36. The summed E-state index contributed by atoms with van der Waals surface area (Å²) in [7, 11) is 0. The molecule has 1 aromatic rings. The van der Waals surface area contributed by atoms with E-state index in [4.69, 9.17) is 5.73 Å². The number of nitrogens with one attached hydrogen (secondary N) is 2. The Morgan fingerprint density at radius 1 is 1.48 bits per heavy atom. The van der Waals surface area contributed by atoms with E-state index in [0.29, 0.717) is 37.6 Å². The summed E-state index contributed by atoms with van der Waals surface area (Å²) in [6.07, 6.45) is 1.72. The summed E-state index contributed by atoms with van der Waals surface area (Å²) >= 11 is 0. The second-order valence-corrected chi connectivity index (χ2v) is 5.50. The number of aromatic nitrogens is 2. The van der Waals surface area contributed by atoms with E-state index in [0.717, 1.165) is 18.5 Å². The summed E-state index contributed by atoms with van der Waals surface area (Å²) in [5.74, 6) is -0.162. The number of carbonyl (C=O) groups is 2. The number of anilines is 1. The maximum Gasteiger partial charge on any atom is 0.317 e. The van der Waals surface area contributed by atoms with Crippen LogP contribution < -0.4 is 11.1 Å². The summed E-state index contributed by atoms with van der Waals surface area (Å²) in [5.41, 5.74) is 7.57. The van der Waals surface area contributed by atoms with Crippen molar-refractivity contribution in [3.05, 3.63) is 11.4 Å². The van der Waals surface area contributed by atoms with Crippen molar-refractivity contribution in [3.8, 4) is 0 Å². The molecule has 3 rings (SSSR count). The minimum atomic E-state index is -0.162. The van der Waals surface area contributed by atoms with Gasteiger partial charge in [-0.25, -0.2) is 4.79 Å². The molecule has 2 saturated heterocycles. The number of aromatic amines is 1. The van der Waals surface area contributed by atoms with Crippen LogP contribution in [0.3, 0.4) is 0 Å². The molecule has 3 amide bonds. The smallest absolute Gasteiger partial charge is 0.317 e. The number of nitrogens with two attached hydrogens (primary N) is 1. The molecule has 1 unspecified atom stereocenters. The van der Waals surface area contributed by atoms with Gasteiger partial charge in [0.15, 0.2) is 5.69 Å². The van der Waals surface area contributed by atoms with E-state index in [-0.39, 0.29) is 18.0 Å². The summed E-state index contributed by atoms with van der Waals surface area (Å²) in [4.78, 5) is 27.6. The van der Waals surface area contributed by atoms with E-state index in [1.165, 1.54) is 0 Å².